The van der Waals surface area contributed by atoms with Crippen LogP contribution < -0.4 is 4.74 Å². The highest BCUT2D eigenvalue weighted by atomic mass is 19.1. The number of hydrogen-bond acceptors (Lipinski definition) is 4. The molecule has 30 heavy (non-hydrogen) atoms. The molecule has 0 spiro atoms. The molecule has 0 amide bonds. The number of aromatic carboxylic acids is 1. The molecule has 1 aliphatic rings. The quantitative estimate of drug-likeness (QED) is 0.666. The summed E-state index contributed by atoms with van der Waals surface area (Å²) in [6, 6.07) is 10.7. The first-order valence-electron chi connectivity index (χ1n) is 9.88. The molecule has 3 aromatic rings. The Morgan fingerprint density at radius 2 is 1.87 bits per heavy atom. The first kappa shape index (κ1) is 20.2. The third-order valence-electron chi connectivity index (χ3n) is 5.44. The topological polar surface area (TPSA) is 62.7 Å². The maximum atomic E-state index is 14.2. The molecule has 156 valence electrons. The highest BCUT2D eigenvalue weighted by Crippen LogP contribution is 2.30. The van der Waals surface area contributed by atoms with Gasteiger partial charge >= 0.3 is 5.97 Å². The predicted molar refractivity (Wildman–Crippen MR) is 109 cm³/mol. The molecular weight excluding hydrogens is 390 g/mol. The third-order valence-corrected chi connectivity index (χ3v) is 5.44. The first-order valence-corrected chi connectivity index (χ1v) is 9.88. The molecule has 1 aliphatic heterocycles. The summed E-state index contributed by atoms with van der Waals surface area (Å²) < 4.78 is 34.5. The Morgan fingerprint density at radius 3 is 2.60 bits per heavy atom. The second-order valence-electron chi connectivity index (χ2n) is 7.56. The monoisotopic (exact) mass is 412 g/mol. The molecule has 2 heterocycles. The summed E-state index contributed by atoms with van der Waals surface area (Å²) >= 11 is 0. The van der Waals surface area contributed by atoms with Gasteiger partial charge in [0.05, 0.1) is 5.56 Å². The van der Waals surface area contributed by atoms with Gasteiger partial charge in [-0.15, -0.1) is 0 Å². The normalized spacial score (nSPS) is 15.4. The van der Waals surface area contributed by atoms with E-state index in [1.165, 1.54) is 24.3 Å². The van der Waals surface area contributed by atoms with Crippen LogP contribution in [-0.4, -0.2) is 40.2 Å². The maximum Gasteiger partial charge on any atom is 0.336 e. The molecular formula is C23H22F2N2O3. The lowest BCUT2D eigenvalue weighted by Gasteiger charge is -2.32. The smallest absolute Gasteiger partial charge is 0.336 e. The Balaban J connectivity index is 1.45. The van der Waals surface area contributed by atoms with Gasteiger partial charge in [0.15, 0.2) is 0 Å². The van der Waals surface area contributed by atoms with Crippen molar-refractivity contribution in [2.75, 3.05) is 13.1 Å². The van der Waals surface area contributed by atoms with Crippen molar-refractivity contribution in [3.05, 3.63) is 70.9 Å². The van der Waals surface area contributed by atoms with Crippen LogP contribution in [0.2, 0.25) is 0 Å². The van der Waals surface area contributed by atoms with Crippen LogP contribution in [0.5, 0.6) is 5.75 Å². The van der Waals surface area contributed by atoms with E-state index in [9.17, 15) is 18.7 Å². The lowest BCUT2D eigenvalue weighted by Crippen LogP contribution is -2.38. The van der Waals surface area contributed by atoms with Crippen LogP contribution in [0.3, 0.4) is 0 Å². The van der Waals surface area contributed by atoms with Crippen molar-refractivity contribution < 1.29 is 23.4 Å². The molecule has 4 rings (SSSR count). The van der Waals surface area contributed by atoms with E-state index < -0.39 is 11.8 Å². The minimum Gasteiger partial charge on any atom is -0.490 e. The van der Waals surface area contributed by atoms with Crippen molar-refractivity contribution >= 4 is 16.9 Å². The van der Waals surface area contributed by atoms with Gasteiger partial charge in [0, 0.05) is 42.3 Å². The zero-order valence-electron chi connectivity index (χ0n) is 16.6. The Kier molecular flexibility index (Phi) is 5.63. The van der Waals surface area contributed by atoms with Crippen LogP contribution in [0.4, 0.5) is 8.78 Å². The Morgan fingerprint density at radius 1 is 1.17 bits per heavy atom. The van der Waals surface area contributed by atoms with E-state index in [0.29, 0.717) is 48.3 Å². The molecule has 0 atom stereocenters. The molecule has 0 radical (unpaired) electrons. The van der Waals surface area contributed by atoms with Crippen LogP contribution in [0, 0.1) is 18.6 Å². The summed E-state index contributed by atoms with van der Waals surface area (Å²) in [5, 5.41) is 9.96. The summed E-state index contributed by atoms with van der Waals surface area (Å²) in [7, 11) is 0. The SMILES string of the molecule is Cc1cc(OC2CCN(Cc3c(F)cccc3C(=O)O)CC2)c2cccc(F)c2n1. The fraction of sp³-hybridized carbons (Fsp3) is 0.304. The van der Waals surface area contributed by atoms with Gasteiger partial charge < -0.3 is 9.84 Å². The summed E-state index contributed by atoms with van der Waals surface area (Å²) in [4.78, 5) is 17.7. The van der Waals surface area contributed by atoms with Crippen molar-refractivity contribution in [1.82, 2.24) is 9.88 Å². The van der Waals surface area contributed by atoms with Crippen LogP contribution >= 0.6 is 0 Å². The Bertz CT molecular complexity index is 1100. The Labute approximate surface area is 172 Å². The van der Waals surface area contributed by atoms with Gasteiger partial charge in [-0.2, -0.15) is 0 Å². The zero-order valence-corrected chi connectivity index (χ0v) is 16.6. The number of carbonyl (C=O) groups is 1. The van der Waals surface area contributed by atoms with Crippen LogP contribution in [-0.2, 0) is 6.54 Å². The second kappa shape index (κ2) is 8.36. The number of benzene rings is 2. The van der Waals surface area contributed by atoms with E-state index in [0.717, 1.165) is 0 Å². The molecule has 1 saturated heterocycles. The summed E-state index contributed by atoms with van der Waals surface area (Å²) in [6.45, 7) is 3.34. The zero-order chi connectivity index (χ0) is 21.3. The van der Waals surface area contributed by atoms with Gasteiger partial charge in [0.25, 0.3) is 0 Å². The van der Waals surface area contributed by atoms with Crippen LogP contribution in [0.15, 0.2) is 42.5 Å². The Hall–Kier alpha value is -3.06. The summed E-state index contributed by atoms with van der Waals surface area (Å²) in [5.74, 6) is -1.41. The summed E-state index contributed by atoms with van der Waals surface area (Å²) in [5.41, 5.74) is 1.18. The van der Waals surface area contributed by atoms with Gasteiger partial charge in [-0.05, 0) is 44.0 Å². The van der Waals surface area contributed by atoms with E-state index in [4.69, 9.17) is 4.74 Å². The van der Waals surface area contributed by atoms with Gasteiger partial charge in [0.2, 0.25) is 0 Å². The van der Waals surface area contributed by atoms with Crippen LogP contribution in [0.25, 0.3) is 10.9 Å². The highest BCUT2D eigenvalue weighted by Gasteiger charge is 2.24. The number of carboxylic acids is 1. The maximum absolute atomic E-state index is 14.2. The number of pyridine rings is 1. The van der Waals surface area contributed by atoms with E-state index in [-0.39, 0.29) is 29.6 Å². The van der Waals surface area contributed by atoms with Gasteiger partial charge in [-0.1, -0.05) is 12.1 Å². The second-order valence-corrected chi connectivity index (χ2v) is 7.56. The summed E-state index contributed by atoms with van der Waals surface area (Å²) in [6.07, 6.45) is 1.35. The lowest BCUT2D eigenvalue weighted by molar-refractivity contribution is 0.0689. The first-order chi connectivity index (χ1) is 14.4. The predicted octanol–water partition coefficient (Wildman–Crippen LogP) is 4.56. The van der Waals surface area contributed by atoms with Gasteiger partial charge in [-0.3, -0.25) is 4.90 Å². The number of rotatable bonds is 5. The number of halogens is 2. The van der Waals surface area contributed by atoms with E-state index in [1.807, 2.05) is 11.0 Å². The molecule has 1 aromatic heterocycles. The number of ether oxygens (including phenoxy) is 1. The van der Waals surface area contributed by atoms with Crippen molar-refractivity contribution in [3.63, 3.8) is 0 Å². The molecule has 5 nitrogen and oxygen atoms in total. The fourth-order valence-corrected chi connectivity index (χ4v) is 3.91. The molecule has 0 unspecified atom stereocenters. The molecule has 7 heteroatoms. The number of hydrogen-bond donors (Lipinski definition) is 1. The standard InChI is InChI=1S/C23H22F2N2O3/c1-14-12-21(17-5-3-7-20(25)22(17)26-14)30-15-8-10-27(11-9-15)13-18-16(23(28)29)4-2-6-19(18)24/h2-7,12,15H,8-11,13H2,1H3,(H,28,29). The van der Waals surface area contributed by atoms with Gasteiger partial charge in [0.1, 0.15) is 29.0 Å². The minimum atomic E-state index is -1.13. The molecule has 1 N–H and O–H groups in total. The average Bonchev–Trinajstić information content (AvgIpc) is 2.71. The number of aryl methyl sites for hydroxylation is 1. The molecule has 0 bridgehead atoms. The lowest BCUT2D eigenvalue weighted by atomic mass is 10.0. The van der Waals surface area contributed by atoms with Crippen LogP contribution in [0.1, 0.15) is 34.5 Å². The molecule has 0 aliphatic carbocycles. The van der Waals surface area contributed by atoms with Crippen molar-refractivity contribution in [2.45, 2.75) is 32.4 Å². The molecule has 0 saturated carbocycles. The minimum absolute atomic E-state index is 0.00543. The highest BCUT2D eigenvalue weighted by molar-refractivity contribution is 5.89. The van der Waals surface area contributed by atoms with Crippen molar-refractivity contribution in [2.24, 2.45) is 0 Å². The number of para-hydroxylation sites is 1. The van der Waals surface area contributed by atoms with Gasteiger partial charge in [-0.25, -0.2) is 18.6 Å². The average molecular weight is 412 g/mol. The van der Waals surface area contributed by atoms with Crippen molar-refractivity contribution in [3.8, 4) is 5.75 Å². The molecule has 1 fully saturated rings. The third kappa shape index (κ3) is 4.11. The number of likely N-dealkylation sites (tertiary alicyclic amines) is 1. The number of nitrogens with zero attached hydrogens (tertiary/aromatic N) is 2. The number of carboxylic acid groups (broad SMARTS) is 1. The number of fused-ring (bicyclic) bond motifs is 1. The fourth-order valence-electron chi connectivity index (χ4n) is 3.91. The van der Waals surface area contributed by atoms with Crippen molar-refractivity contribution in [1.29, 1.82) is 0 Å². The number of aromatic nitrogens is 1. The largest absolute Gasteiger partial charge is 0.490 e. The van der Waals surface area contributed by atoms with E-state index in [1.54, 1.807) is 19.1 Å². The molecule has 2 aromatic carbocycles. The van der Waals surface area contributed by atoms with E-state index >= 15 is 0 Å². The number of piperidine rings is 1. The van der Waals surface area contributed by atoms with E-state index in [2.05, 4.69) is 4.98 Å².